The number of Topliss-reactive ketones (excluding diaryl/α,β-unsaturated/α-hetero) is 1. The molecule has 0 radical (unpaired) electrons. The van der Waals surface area contributed by atoms with E-state index in [1.54, 1.807) is 12.2 Å². The third-order valence-corrected chi connectivity index (χ3v) is 1.12. The molecule has 0 saturated heterocycles. The van der Waals surface area contributed by atoms with E-state index in [1.807, 2.05) is 6.07 Å². The van der Waals surface area contributed by atoms with E-state index in [0.29, 0.717) is 6.42 Å². The Morgan fingerprint density at radius 2 is 2.44 bits per heavy atom. The predicted octanol–water partition coefficient (Wildman–Crippen LogP) is 0.965. The van der Waals surface area contributed by atoms with Gasteiger partial charge in [0.15, 0.2) is 5.78 Å². The maximum Gasteiger partial charge on any atom is 0.177 e. The van der Waals surface area contributed by atoms with Gasteiger partial charge in [0.05, 0.1) is 5.57 Å². The first kappa shape index (κ1) is 5.77. The van der Waals surface area contributed by atoms with Gasteiger partial charge in [0, 0.05) is 6.42 Å². The zero-order valence-corrected chi connectivity index (χ0v) is 4.79. The van der Waals surface area contributed by atoms with Crippen molar-refractivity contribution in [3.05, 3.63) is 23.8 Å². The summed E-state index contributed by atoms with van der Waals surface area (Å²) in [5.41, 5.74) is 0.262. The molecule has 0 saturated carbocycles. The highest BCUT2D eigenvalue weighted by Gasteiger charge is 2.07. The normalized spacial score (nSPS) is 16.8. The van der Waals surface area contributed by atoms with Gasteiger partial charge in [0.1, 0.15) is 6.07 Å². The standard InChI is InChI=1S/C7H5NO/c8-5-6-3-1-2-4-7(6)9/h1-3H,4H2. The fourth-order valence-electron chi connectivity index (χ4n) is 0.642. The van der Waals surface area contributed by atoms with Crippen molar-refractivity contribution in [2.24, 2.45) is 0 Å². The first-order chi connectivity index (χ1) is 4.34. The number of hydrogen-bond donors (Lipinski definition) is 0. The van der Waals surface area contributed by atoms with Crippen LogP contribution in [-0.4, -0.2) is 5.78 Å². The van der Waals surface area contributed by atoms with Crippen molar-refractivity contribution in [3.63, 3.8) is 0 Å². The minimum atomic E-state index is -0.0833. The summed E-state index contributed by atoms with van der Waals surface area (Å²) < 4.78 is 0. The monoisotopic (exact) mass is 119 g/mol. The van der Waals surface area contributed by atoms with Gasteiger partial charge in [0.2, 0.25) is 0 Å². The van der Waals surface area contributed by atoms with Gasteiger partial charge < -0.3 is 0 Å². The number of ketones is 1. The average molecular weight is 119 g/mol. The lowest BCUT2D eigenvalue weighted by molar-refractivity contribution is -0.114. The van der Waals surface area contributed by atoms with Crippen molar-refractivity contribution >= 4 is 5.78 Å². The van der Waals surface area contributed by atoms with Crippen LogP contribution in [0.15, 0.2) is 23.8 Å². The molecule has 44 valence electrons. The van der Waals surface area contributed by atoms with Crippen molar-refractivity contribution in [1.82, 2.24) is 0 Å². The molecule has 0 aromatic rings. The number of nitriles is 1. The van der Waals surface area contributed by atoms with Crippen molar-refractivity contribution < 1.29 is 4.79 Å². The van der Waals surface area contributed by atoms with Crippen LogP contribution in [-0.2, 0) is 4.79 Å². The Labute approximate surface area is 53.1 Å². The SMILES string of the molecule is N#CC1=CC=CCC1=O. The summed E-state index contributed by atoms with van der Waals surface area (Å²) in [4.78, 5) is 10.7. The fraction of sp³-hybridized carbons (Fsp3) is 0.143. The first-order valence-electron chi connectivity index (χ1n) is 2.64. The van der Waals surface area contributed by atoms with Crippen molar-refractivity contribution in [1.29, 1.82) is 5.26 Å². The van der Waals surface area contributed by atoms with E-state index in [2.05, 4.69) is 0 Å². The summed E-state index contributed by atoms with van der Waals surface area (Å²) in [6.07, 6.45) is 5.37. The van der Waals surface area contributed by atoms with E-state index < -0.39 is 0 Å². The first-order valence-corrected chi connectivity index (χ1v) is 2.64. The molecule has 9 heavy (non-hydrogen) atoms. The molecule has 0 unspecified atom stereocenters. The molecule has 0 amide bonds. The molecule has 1 aliphatic carbocycles. The molecular weight excluding hydrogens is 114 g/mol. The molecule has 0 heterocycles. The fourth-order valence-corrected chi connectivity index (χ4v) is 0.642. The van der Waals surface area contributed by atoms with Crippen LogP contribution < -0.4 is 0 Å². The van der Waals surface area contributed by atoms with E-state index >= 15 is 0 Å². The number of hydrogen-bond acceptors (Lipinski definition) is 2. The van der Waals surface area contributed by atoms with Gasteiger partial charge in [0.25, 0.3) is 0 Å². The van der Waals surface area contributed by atoms with Crippen LogP contribution in [0.2, 0.25) is 0 Å². The third-order valence-electron chi connectivity index (χ3n) is 1.12. The Hall–Kier alpha value is -1.36. The maximum atomic E-state index is 10.7. The summed E-state index contributed by atoms with van der Waals surface area (Å²) in [7, 11) is 0. The van der Waals surface area contributed by atoms with Crippen LogP contribution >= 0.6 is 0 Å². The van der Waals surface area contributed by atoms with Crippen LogP contribution in [0.25, 0.3) is 0 Å². The summed E-state index contributed by atoms with van der Waals surface area (Å²) in [6, 6.07) is 1.81. The molecule has 0 fully saturated rings. The van der Waals surface area contributed by atoms with Gasteiger partial charge in [-0.1, -0.05) is 12.2 Å². The predicted molar refractivity (Wildman–Crippen MR) is 32.5 cm³/mol. The maximum absolute atomic E-state index is 10.7. The molecule has 0 bridgehead atoms. The quantitative estimate of drug-likeness (QED) is 0.476. The van der Waals surface area contributed by atoms with Gasteiger partial charge in [-0.15, -0.1) is 0 Å². The highest BCUT2D eigenvalue weighted by molar-refractivity contribution is 6.01. The second-order valence-corrected chi connectivity index (χ2v) is 1.75. The van der Waals surface area contributed by atoms with E-state index in [-0.39, 0.29) is 11.4 Å². The molecule has 0 aromatic carbocycles. The molecule has 0 spiro atoms. The number of allylic oxidation sites excluding steroid dienone is 4. The smallest absolute Gasteiger partial charge is 0.177 e. The van der Waals surface area contributed by atoms with Crippen LogP contribution in [0.1, 0.15) is 6.42 Å². The number of nitrogens with zero attached hydrogens (tertiary/aromatic N) is 1. The van der Waals surface area contributed by atoms with Crippen LogP contribution in [0.4, 0.5) is 0 Å². The number of rotatable bonds is 0. The van der Waals surface area contributed by atoms with Crippen molar-refractivity contribution in [2.45, 2.75) is 6.42 Å². The summed E-state index contributed by atoms with van der Waals surface area (Å²) in [5.74, 6) is -0.0833. The van der Waals surface area contributed by atoms with E-state index in [0.717, 1.165) is 0 Å². The van der Waals surface area contributed by atoms with Crippen molar-refractivity contribution in [2.75, 3.05) is 0 Å². The molecule has 0 aliphatic heterocycles. The van der Waals surface area contributed by atoms with E-state index in [1.165, 1.54) is 6.08 Å². The molecular formula is C7H5NO. The Morgan fingerprint density at radius 1 is 1.67 bits per heavy atom. The largest absolute Gasteiger partial charge is 0.293 e. The zero-order chi connectivity index (χ0) is 6.69. The topological polar surface area (TPSA) is 40.9 Å². The lowest BCUT2D eigenvalue weighted by Crippen LogP contribution is -2.00. The summed E-state index contributed by atoms with van der Waals surface area (Å²) in [6.45, 7) is 0. The molecule has 2 nitrogen and oxygen atoms in total. The lowest BCUT2D eigenvalue weighted by Gasteiger charge is -1.95. The van der Waals surface area contributed by atoms with Gasteiger partial charge in [-0.3, -0.25) is 4.79 Å². The lowest BCUT2D eigenvalue weighted by atomic mass is 10.1. The molecule has 0 atom stereocenters. The molecule has 1 rings (SSSR count). The number of carbonyl (C=O) groups excluding carboxylic acids is 1. The van der Waals surface area contributed by atoms with Gasteiger partial charge >= 0.3 is 0 Å². The minimum absolute atomic E-state index is 0.0833. The highest BCUT2D eigenvalue weighted by atomic mass is 16.1. The van der Waals surface area contributed by atoms with E-state index in [9.17, 15) is 4.79 Å². The molecule has 2 heteroatoms. The van der Waals surface area contributed by atoms with Crippen LogP contribution in [0.5, 0.6) is 0 Å². The minimum Gasteiger partial charge on any atom is -0.293 e. The molecule has 0 N–H and O–H groups in total. The van der Waals surface area contributed by atoms with Crippen LogP contribution in [0.3, 0.4) is 0 Å². The van der Waals surface area contributed by atoms with E-state index in [4.69, 9.17) is 5.26 Å². The Bertz CT molecular complexity index is 230. The Kier molecular flexibility index (Phi) is 1.46. The number of carbonyl (C=O) groups is 1. The average Bonchev–Trinajstić information content (AvgIpc) is 1.89. The highest BCUT2D eigenvalue weighted by Crippen LogP contribution is 2.05. The Morgan fingerprint density at radius 3 is 2.89 bits per heavy atom. The van der Waals surface area contributed by atoms with Crippen LogP contribution in [0, 0.1) is 11.3 Å². The second-order valence-electron chi connectivity index (χ2n) is 1.75. The third kappa shape index (κ3) is 1.06. The van der Waals surface area contributed by atoms with Gasteiger partial charge in [-0.2, -0.15) is 5.26 Å². The summed E-state index contributed by atoms with van der Waals surface area (Å²) >= 11 is 0. The zero-order valence-electron chi connectivity index (χ0n) is 4.79. The Balaban J connectivity index is 2.91. The summed E-state index contributed by atoms with van der Waals surface area (Å²) in [5, 5.41) is 8.29. The second kappa shape index (κ2) is 2.27. The molecule has 0 aromatic heterocycles. The van der Waals surface area contributed by atoms with Crippen molar-refractivity contribution in [3.8, 4) is 6.07 Å². The van der Waals surface area contributed by atoms with Gasteiger partial charge in [-0.25, -0.2) is 0 Å². The molecule has 1 aliphatic rings. The van der Waals surface area contributed by atoms with Gasteiger partial charge in [-0.05, 0) is 6.08 Å².